The molecule has 23 heavy (non-hydrogen) atoms. The van der Waals surface area contributed by atoms with Crippen molar-refractivity contribution in [2.75, 3.05) is 6.61 Å². The highest BCUT2D eigenvalue weighted by Crippen LogP contribution is 2.34. The third-order valence-electron chi connectivity index (χ3n) is 2.88. The lowest BCUT2D eigenvalue weighted by Crippen LogP contribution is -2.27. The Kier molecular flexibility index (Phi) is 5.46. The molecule has 0 aliphatic heterocycles. The van der Waals surface area contributed by atoms with E-state index in [1.165, 1.54) is 12.1 Å². The molecule has 2 aromatic rings. The van der Waals surface area contributed by atoms with Gasteiger partial charge in [0.2, 0.25) is 0 Å². The van der Waals surface area contributed by atoms with Crippen LogP contribution >= 0.6 is 23.2 Å². The number of carbonyl (C=O) groups excluding carboxylic acids is 1. The number of ether oxygens (including phenoxy) is 1. The second-order valence-electron chi connectivity index (χ2n) is 4.63. The average Bonchev–Trinajstić information content (AvgIpc) is 2.93. The summed E-state index contributed by atoms with van der Waals surface area (Å²) in [5, 5.41) is 9.09. The maximum Gasteiger partial charge on any atom is 0.340 e. The Labute approximate surface area is 141 Å². The molecule has 0 radical (unpaired) electrons. The molecule has 0 fully saturated rings. The number of rotatable bonds is 6. The van der Waals surface area contributed by atoms with E-state index >= 15 is 0 Å². The van der Waals surface area contributed by atoms with Crippen molar-refractivity contribution in [3.63, 3.8) is 0 Å². The third kappa shape index (κ3) is 4.14. The molecule has 1 aromatic carbocycles. The Balaban J connectivity index is 2.16. The molecule has 1 aromatic heterocycles. The Hall–Kier alpha value is -2.25. The van der Waals surface area contributed by atoms with Crippen molar-refractivity contribution in [3.05, 3.63) is 56.7 Å². The standard InChI is InChI=1S/C14H14Cl2N4O3/c1-3-4-23-11-9(15)5-8(6-10(11)16)13(21)17-7(2)12-18-14(22)20-19-12/h3,5-7H,1,4H2,2H3,(H,17,21)(H2,18,19,20,22)/t7-/m0/s1. The van der Waals surface area contributed by atoms with Crippen LogP contribution in [0.2, 0.25) is 10.0 Å². The van der Waals surface area contributed by atoms with E-state index in [-0.39, 0.29) is 28.0 Å². The number of aromatic nitrogens is 3. The molecule has 0 aliphatic carbocycles. The lowest BCUT2D eigenvalue weighted by atomic mass is 10.2. The molecule has 7 nitrogen and oxygen atoms in total. The summed E-state index contributed by atoms with van der Waals surface area (Å²) in [7, 11) is 0. The lowest BCUT2D eigenvalue weighted by Gasteiger charge is -2.13. The van der Waals surface area contributed by atoms with Crippen LogP contribution < -0.4 is 15.7 Å². The smallest absolute Gasteiger partial charge is 0.340 e. The highest BCUT2D eigenvalue weighted by Gasteiger charge is 2.17. The quantitative estimate of drug-likeness (QED) is 0.692. The van der Waals surface area contributed by atoms with E-state index in [9.17, 15) is 9.59 Å². The van der Waals surface area contributed by atoms with E-state index in [2.05, 4.69) is 27.1 Å². The van der Waals surface area contributed by atoms with Crippen LogP contribution in [0.1, 0.15) is 29.1 Å². The molecule has 3 N–H and O–H groups in total. The van der Waals surface area contributed by atoms with Gasteiger partial charge in [0.1, 0.15) is 6.61 Å². The van der Waals surface area contributed by atoms with Crippen LogP contribution in [0.25, 0.3) is 0 Å². The van der Waals surface area contributed by atoms with Crippen LogP contribution in [0.5, 0.6) is 5.75 Å². The van der Waals surface area contributed by atoms with Gasteiger partial charge in [-0.05, 0) is 19.1 Å². The maximum absolute atomic E-state index is 12.2. The molecule has 0 spiro atoms. The van der Waals surface area contributed by atoms with Crippen molar-refractivity contribution in [1.82, 2.24) is 20.5 Å². The predicted molar refractivity (Wildman–Crippen MR) is 87.2 cm³/mol. The third-order valence-corrected chi connectivity index (χ3v) is 3.44. The van der Waals surface area contributed by atoms with Gasteiger partial charge in [-0.15, -0.1) is 0 Å². The van der Waals surface area contributed by atoms with Gasteiger partial charge in [-0.2, -0.15) is 5.10 Å². The van der Waals surface area contributed by atoms with Gasteiger partial charge < -0.3 is 10.1 Å². The Morgan fingerprint density at radius 2 is 2.13 bits per heavy atom. The first-order valence-electron chi connectivity index (χ1n) is 6.60. The monoisotopic (exact) mass is 356 g/mol. The van der Waals surface area contributed by atoms with Crippen LogP contribution in [-0.4, -0.2) is 27.7 Å². The fourth-order valence-electron chi connectivity index (χ4n) is 1.81. The summed E-state index contributed by atoms with van der Waals surface area (Å²) in [6, 6.07) is 2.39. The minimum atomic E-state index is -0.504. The number of hydrogen-bond acceptors (Lipinski definition) is 4. The molecule has 1 heterocycles. The van der Waals surface area contributed by atoms with Crippen molar-refractivity contribution in [3.8, 4) is 5.75 Å². The summed E-state index contributed by atoms with van der Waals surface area (Å²) < 4.78 is 5.34. The number of nitrogens with zero attached hydrogens (tertiary/aromatic N) is 1. The molecule has 9 heteroatoms. The van der Waals surface area contributed by atoms with Crippen LogP contribution in [0.4, 0.5) is 0 Å². The molecule has 0 bridgehead atoms. The Morgan fingerprint density at radius 1 is 1.48 bits per heavy atom. The summed E-state index contributed by atoms with van der Waals surface area (Å²) in [5.74, 6) is 0.182. The number of carbonyl (C=O) groups is 1. The van der Waals surface area contributed by atoms with E-state index in [1.54, 1.807) is 13.0 Å². The Bertz CT molecular complexity index is 761. The van der Waals surface area contributed by atoms with Crippen LogP contribution in [-0.2, 0) is 0 Å². The molecule has 0 saturated heterocycles. The predicted octanol–water partition coefficient (Wildman–Crippen LogP) is 2.46. The number of H-pyrrole nitrogens is 2. The molecule has 1 amide bonds. The zero-order chi connectivity index (χ0) is 17.0. The van der Waals surface area contributed by atoms with Crippen molar-refractivity contribution in [1.29, 1.82) is 0 Å². The van der Waals surface area contributed by atoms with Crippen molar-refractivity contribution in [2.45, 2.75) is 13.0 Å². The van der Waals surface area contributed by atoms with E-state index in [0.29, 0.717) is 5.82 Å². The number of aromatic amines is 2. The molecular formula is C14H14Cl2N4O3. The van der Waals surface area contributed by atoms with Gasteiger partial charge in [-0.3, -0.25) is 9.78 Å². The first-order valence-corrected chi connectivity index (χ1v) is 7.36. The topological polar surface area (TPSA) is 99.9 Å². The normalized spacial score (nSPS) is 11.8. The van der Waals surface area contributed by atoms with Crippen LogP contribution in [0.3, 0.4) is 0 Å². The SMILES string of the molecule is C=CCOc1c(Cl)cc(C(=O)N[C@@H](C)c2n[nH]c(=O)[nH]2)cc1Cl. The molecule has 0 saturated carbocycles. The van der Waals surface area contributed by atoms with Gasteiger partial charge in [-0.25, -0.2) is 9.89 Å². The number of amides is 1. The molecule has 0 aliphatic rings. The lowest BCUT2D eigenvalue weighted by molar-refractivity contribution is 0.0938. The van der Waals surface area contributed by atoms with E-state index < -0.39 is 17.6 Å². The Morgan fingerprint density at radius 3 is 2.65 bits per heavy atom. The largest absolute Gasteiger partial charge is 0.486 e. The van der Waals surface area contributed by atoms with Crippen molar-refractivity contribution in [2.24, 2.45) is 0 Å². The fourth-order valence-corrected chi connectivity index (χ4v) is 2.40. The van der Waals surface area contributed by atoms with Crippen LogP contribution in [0.15, 0.2) is 29.6 Å². The number of halogens is 2. The van der Waals surface area contributed by atoms with Crippen LogP contribution in [0, 0.1) is 0 Å². The second-order valence-corrected chi connectivity index (χ2v) is 5.44. The molecule has 0 unspecified atom stereocenters. The maximum atomic E-state index is 12.2. The van der Waals surface area contributed by atoms with Gasteiger partial charge in [0.05, 0.1) is 16.1 Å². The molecule has 1 atom stereocenters. The average molecular weight is 357 g/mol. The number of benzene rings is 1. The zero-order valence-corrected chi connectivity index (χ0v) is 13.7. The molecular weight excluding hydrogens is 343 g/mol. The summed E-state index contributed by atoms with van der Waals surface area (Å²) in [6.07, 6.45) is 1.56. The van der Waals surface area contributed by atoms with E-state index in [0.717, 1.165) is 0 Å². The zero-order valence-electron chi connectivity index (χ0n) is 12.2. The summed E-state index contributed by atoms with van der Waals surface area (Å²) >= 11 is 12.2. The number of nitrogens with one attached hydrogen (secondary N) is 3. The first kappa shape index (κ1) is 17.1. The molecule has 122 valence electrons. The van der Waals surface area contributed by atoms with Crippen molar-refractivity contribution < 1.29 is 9.53 Å². The summed E-state index contributed by atoms with van der Waals surface area (Å²) in [5.41, 5.74) is -0.188. The minimum absolute atomic E-state index is 0.213. The van der Waals surface area contributed by atoms with E-state index in [4.69, 9.17) is 27.9 Å². The van der Waals surface area contributed by atoms with Gasteiger partial charge in [0, 0.05) is 5.56 Å². The highest BCUT2D eigenvalue weighted by molar-refractivity contribution is 6.37. The van der Waals surface area contributed by atoms with E-state index in [1.807, 2.05) is 0 Å². The van der Waals surface area contributed by atoms with Gasteiger partial charge >= 0.3 is 5.69 Å². The second kappa shape index (κ2) is 7.34. The summed E-state index contributed by atoms with van der Waals surface area (Å²) in [6.45, 7) is 5.46. The summed E-state index contributed by atoms with van der Waals surface area (Å²) in [4.78, 5) is 25.7. The van der Waals surface area contributed by atoms with Crippen molar-refractivity contribution >= 4 is 29.1 Å². The highest BCUT2D eigenvalue weighted by atomic mass is 35.5. The fraction of sp³-hybridized carbons (Fsp3) is 0.214. The first-order chi connectivity index (χ1) is 10.9. The van der Waals surface area contributed by atoms with Gasteiger partial charge in [0.15, 0.2) is 11.6 Å². The van der Waals surface area contributed by atoms with Gasteiger partial charge in [0.25, 0.3) is 5.91 Å². The molecule has 2 rings (SSSR count). The number of hydrogen-bond donors (Lipinski definition) is 3. The minimum Gasteiger partial charge on any atom is -0.486 e. The van der Waals surface area contributed by atoms with Gasteiger partial charge in [-0.1, -0.05) is 35.9 Å².